The number of piperidine rings is 1. The first kappa shape index (κ1) is 12.8. The fourth-order valence-corrected chi connectivity index (χ4v) is 3.45. The van der Waals surface area contributed by atoms with E-state index in [1.165, 1.54) is 0 Å². The molecule has 5 heteroatoms. The first-order valence-corrected chi connectivity index (χ1v) is 7.37. The van der Waals surface area contributed by atoms with Crippen molar-refractivity contribution >= 4 is 17.6 Å². The minimum absolute atomic E-state index is 0.104. The highest BCUT2D eigenvalue weighted by Crippen LogP contribution is 2.39. The molecule has 2 amide bonds. The zero-order valence-electron chi connectivity index (χ0n) is 11.2. The zero-order chi connectivity index (χ0) is 13.3. The van der Waals surface area contributed by atoms with Gasteiger partial charge in [-0.1, -0.05) is 19.3 Å². The topological polar surface area (TPSA) is 70.6 Å². The average molecular weight is 263 g/mol. The number of carbonyl (C=O) groups is 2. The van der Waals surface area contributed by atoms with Crippen LogP contribution in [0.2, 0.25) is 0 Å². The van der Waals surface area contributed by atoms with Gasteiger partial charge in [0.25, 0.3) is 5.91 Å². The monoisotopic (exact) mass is 263 g/mol. The molecule has 1 unspecified atom stereocenters. The number of rotatable bonds is 1. The van der Waals surface area contributed by atoms with E-state index >= 15 is 0 Å². The molecule has 3 rings (SSSR count). The SMILES string of the molecule is O=C1N=C(C2CCCNC2)NC(=O)C12CCCCC2. The Kier molecular flexibility index (Phi) is 3.39. The molecule has 0 radical (unpaired) electrons. The molecule has 0 aromatic carbocycles. The van der Waals surface area contributed by atoms with Crippen molar-refractivity contribution in [2.24, 2.45) is 16.3 Å². The number of hydrogen-bond donors (Lipinski definition) is 2. The lowest BCUT2D eigenvalue weighted by atomic mass is 9.71. The molecule has 1 saturated carbocycles. The predicted molar refractivity (Wildman–Crippen MR) is 71.7 cm³/mol. The summed E-state index contributed by atoms with van der Waals surface area (Å²) in [5.74, 6) is 0.477. The molecule has 1 spiro atoms. The summed E-state index contributed by atoms with van der Waals surface area (Å²) >= 11 is 0. The number of amides is 2. The Hall–Kier alpha value is -1.23. The summed E-state index contributed by atoms with van der Waals surface area (Å²) in [6.07, 6.45) is 6.41. The molecule has 3 aliphatic rings. The van der Waals surface area contributed by atoms with Gasteiger partial charge in [0.05, 0.1) is 0 Å². The summed E-state index contributed by atoms with van der Waals surface area (Å²) in [7, 11) is 0. The van der Waals surface area contributed by atoms with Crippen molar-refractivity contribution in [3.05, 3.63) is 0 Å². The summed E-state index contributed by atoms with van der Waals surface area (Å²) < 4.78 is 0. The van der Waals surface area contributed by atoms with Crippen LogP contribution in [0.4, 0.5) is 0 Å². The van der Waals surface area contributed by atoms with E-state index in [1.54, 1.807) is 0 Å². The van der Waals surface area contributed by atoms with Gasteiger partial charge in [-0.15, -0.1) is 0 Å². The molecule has 1 atom stereocenters. The number of nitrogens with one attached hydrogen (secondary N) is 2. The average Bonchev–Trinajstić information content (AvgIpc) is 2.46. The van der Waals surface area contributed by atoms with Crippen LogP contribution >= 0.6 is 0 Å². The second kappa shape index (κ2) is 5.04. The summed E-state index contributed by atoms with van der Waals surface area (Å²) in [6.45, 7) is 1.81. The van der Waals surface area contributed by atoms with Gasteiger partial charge in [-0.25, -0.2) is 0 Å². The summed E-state index contributed by atoms with van der Waals surface area (Å²) in [6, 6.07) is 0. The van der Waals surface area contributed by atoms with Gasteiger partial charge in [-0.05, 0) is 32.2 Å². The molecule has 19 heavy (non-hydrogen) atoms. The molecule has 0 aromatic heterocycles. The lowest BCUT2D eigenvalue weighted by Crippen LogP contribution is -2.56. The van der Waals surface area contributed by atoms with E-state index in [9.17, 15) is 9.59 Å². The number of amidine groups is 1. The van der Waals surface area contributed by atoms with Gasteiger partial charge in [-0.2, -0.15) is 4.99 Å². The maximum atomic E-state index is 12.4. The van der Waals surface area contributed by atoms with Crippen LogP contribution in [0.15, 0.2) is 4.99 Å². The van der Waals surface area contributed by atoms with Crippen LogP contribution in [0, 0.1) is 11.3 Å². The molecule has 2 fully saturated rings. The Labute approximate surface area is 113 Å². The van der Waals surface area contributed by atoms with E-state index in [4.69, 9.17) is 0 Å². The number of aliphatic imine (C=N–C) groups is 1. The van der Waals surface area contributed by atoms with Crippen molar-refractivity contribution in [3.63, 3.8) is 0 Å². The predicted octanol–water partition coefficient (Wildman–Crippen LogP) is 0.991. The van der Waals surface area contributed by atoms with E-state index in [2.05, 4.69) is 15.6 Å². The van der Waals surface area contributed by atoms with Crippen molar-refractivity contribution in [1.82, 2.24) is 10.6 Å². The fraction of sp³-hybridized carbons (Fsp3) is 0.786. The molecule has 5 nitrogen and oxygen atoms in total. The van der Waals surface area contributed by atoms with Crippen LogP contribution in [-0.2, 0) is 9.59 Å². The van der Waals surface area contributed by atoms with Crippen molar-refractivity contribution in [2.75, 3.05) is 13.1 Å². The van der Waals surface area contributed by atoms with E-state index in [0.717, 1.165) is 45.2 Å². The molecular weight excluding hydrogens is 242 g/mol. The maximum absolute atomic E-state index is 12.4. The van der Waals surface area contributed by atoms with Gasteiger partial charge in [0.15, 0.2) is 0 Å². The molecule has 0 bridgehead atoms. The summed E-state index contributed by atoms with van der Waals surface area (Å²) in [5.41, 5.74) is -0.843. The van der Waals surface area contributed by atoms with E-state index in [-0.39, 0.29) is 17.7 Å². The molecule has 2 heterocycles. The van der Waals surface area contributed by atoms with Gasteiger partial charge in [0.1, 0.15) is 11.3 Å². The Bertz CT molecular complexity index is 418. The van der Waals surface area contributed by atoms with Gasteiger partial charge in [-0.3, -0.25) is 9.59 Å². The molecule has 104 valence electrons. The molecule has 1 saturated heterocycles. The third-order valence-corrected chi connectivity index (χ3v) is 4.70. The van der Waals surface area contributed by atoms with Crippen molar-refractivity contribution < 1.29 is 9.59 Å². The maximum Gasteiger partial charge on any atom is 0.263 e. The van der Waals surface area contributed by atoms with Crippen LogP contribution in [-0.4, -0.2) is 30.7 Å². The van der Waals surface area contributed by atoms with Gasteiger partial charge in [0.2, 0.25) is 5.91 Å². The highest BCUT2D eigenvalue weighted by molar-refractivity contribution is 6.19. The second-order valence-corrected chi connectivity index (χ2v) is 5.94. The minimum Gasteiger partial charge on any atom is -0.316 e. The smallest absolute Gasteiger partial charge is 0.263 e. The van der Waals surface area contributed by atoms with Crippen molar-refractivity contribution in [1.29, 1.82) is 0 Å². The molecule has 0 aromatic rings. The quantitative estimate of drug-likeness (QED) is 0.693. The normalized spacial score (nSPS) is 30.9. The van der Waals surface area contributed by atoms with Gasteiger partial charge in [0, 0.05) is 12.5 Å². The van der Waals surface area contributed by atoms with E-state index < -0.39 is 5.41 Å². The van der Waals surface area contributed by atoms with Crippen LogP contribution in [0.5, 0.6) is 0 Å². The summed E-state index contributed by atoms with van der Waals surface area (Å²) in [4.78, 5) is 29.0. The van der Waals surface area contributed by atoms with E-state index in [0.29, 0.717) is 18.7 Å². The van der Waals surface area contributed by atoms with E-state index in [1.807, 2.05) is 0 Å². The minimum atomic E-state index is -0.843. The first-order valence-electron chi connectivity index (χ1n) is 7.37. The van der Waals surface area contributed by atoms with Gasteiger partial charge < -0.3 is 10.6 Å². The number of carbonyl (C=O) groups excluding carboxylic acids is 2. The second-order valence-electron chi connectivity index (χ2n) is 5.94. The van der Waals surface area contributed by atoms with Gasteiger partial charge >= 0.3 is 0 Å². The molecule has 1 aliphatic carbocycles. The molecule has 2 aliphatic heterocycles. The highest BCUT2D eigenvalue weighted by Gasteiger charge is 2.49. The largest absolute Gasteiger partial charge is 0.316 e. The lowest BCUT2D eigenvalue weighted by Gasteiger charge is -2.37. The molecular formula is C14H21N3O2. The third kappa shape index (κ3) is 2.20. The standard InChI is InChI=1S/C14H21N3O2/c18-12-14(6-2-1-3-7-14)13(19)17-11(16-12)10-5-4-8-15-9-10/h10,15H,1-9H2,(H,16,17,18,19). The Balaban J connectivity index is 1.81. The lowest BCUT2D eigenvalue weighted by molar-refractivity contribution is -0.144. The van der Waals surface area contributed by atoms with Crippen LogP contribution in [0.3, 0.4) is 0 Å². The van der Waals surface area contributed by atoms with Crippen molar-refractivity contribution in [2.45, 2.75) is 44.9 Å². The number of hydrogen-bond acceptors (Lipinski definition) is 3. The highest BCUT2D eigenvalue weighted by atomic mass is 16.2. The summed E-state index contributed by atoms with van der Waals surface area (Å²) in [5, 5.41) is 6.22. The number of nitrogens with zero attached hydrogens (tertiary/aromatic N) is 1. The molecule has 2 N–H and O–H groups in total. The Morgan fingerprint density at radius 2 is 1.89 bits per heavy atom. The third-order valence-electron chi connectivity index (χ3n) is 4.70. The van der Waals surface area contributed by atoms with Crippen LogP contribution < -0.4 is 10.6 Å². The first-order chi connectivity index (χ1) is 9.22. The fourth-order valence-electron chi connectivity index (χ4n) is 3.45. The van der Waals surface area contributed by atoms with Crippen LogP contribution in [0.25, 0.3) is 0 Å². The Morgan fingerprint density at radius 3 is 2.53 bits per heavy atom. The Morgan fingerprint density at radius 1 is 1.11 bits per heavy atom. The zero-order valence-corrected chi connectivity index (χ0v) is 11.2. The van der Waals surface area contributed by atoms with Crippen LogP contribution in [0.1, 0.15) is 44.9 Å². The van der Waals surface area contributed by atoms with Crippen molar-refractivity contribution in [3.8, 4) is 0 Å².